The molecule has 88 valence electrons. The van der Waals surface area contributed by atoms with Crippen LogP contribution in [0.3, 0.4) is 0 Å². The van der Waals surface area contributed by atoms with Crippen LogP contribution in [0.2, 0.25) is 0 Å². The van der Waals surface area contributed by atoms with E-state index >= 15 is 0 Å². The smallest absolute Gasteiger partial charge is 0.0594 e. The van der Waals surface area contributed by atoms with Gasteiger partial charge >= 0.3 is 0 Å². The van der Waals surface area contributed by atoms with Crippen molar-refractivity contribution in [3.8, 4) is 0 Å². The second kappa shape index (κ2) is 5.28. The van der Waals surface area contributed by atoms with E-state index in [-0.39, 0.29) is 0 Å². The van der Waals surface area contributed by atoms with Crippen molar-refractivity contribution in [1.29, 1.82) is 0 Å². The molecule has 3 heteroatoms. The van der Waals surface area contributed by atoms with Crippen LogP contribution < -0.4 is 0 Å². The summed E-state index contributed by atoms with van der Waals surface area (Å²) in [4.78, 5) is 5.26. The number of likely N-dealkylation sites (tertiary alicyclic amines) is 1. The molecule has 0 saturated carbocycles. The largest absolute Gasteiger partial charge is 0.379 e. The van der Waals surface area contributed by atoms with Crippen molar-refractivity contribution in [2.45, 2.75) is 38.8 Å². The molecule has 0 aromatic rings. The summed E-state index contributed by atoms with van der Waals surface area (Å²) in [5.41, 5.74) is 0. The lowest BCUT2D eigenvalue weighted by Crippen LogP contribution is -2.45. The fourth-order valence-electron chi connectivity index (χ4n) is 2.67. The Bertz CT molecular complexity index is 192. The van der Waals surface area contributed by atoms with Crippen LogP contribution in [0.4, 0.5) is 0 Å². The first-order valence-electron chi connectivity index (χ1n) is 6.37. The zero-order chi connectivity index (χ0) is 10.7. The highest BCUT2D eigenvalue weighted by Gasteiger charge is 2.30. The van der Waals surface area contributed by atoms with E-state index in [2.05, 4.69) is 23.6 Å². The maximum Gasteiger partial charge on any atom is 0.0594 e. The molecule has 2 unspecified atom stereocenters. The molecule has 0 radical (unpaired) electrons. The van der Waals surface area contributed by atoms with Crippen LogP contribution in [-0.4, -0.2) is 61.3 Å². The molecular weight excluding hydrogens is 188 g/mol. The van der Waals surface area contributed by atoms with Crippen LogP contribution in [0.1, 0.15) is 26.7 Å². The molecule has 0 aliphatic carbocycles. The Kier molecular flexibility index (Phi) is 4.00. The molecule has 2 fully saturated rings. The van der Waals surface area contributed by atoms with E-state index < -0.39 is 0 Å². The Balaban J connectivity index is 1.80. The van der Waals surface area contributed by atoms with Gasteiger partial charge in [-0.25, -0.2) is 0 Å². The van der Waals surface area contributed by atoms with Gasteiger partial charge in [-0.05, 0) is 19.8 Å². The lowest BCUT2D eigenvalue weighted by Gasteiger charge is -2.32. The zero-order valence-electron chi connectivity index (χ0n) is 10.1. The number of rotatable bonds is 3. The van der Waals surface area contributed by atoms with Crippen molar-refractivity contribution >= 4 is 0 Å². The van der Waals surface area contributed by atoms with Gasteiger partial charge in [-0.3, -0.25) is 9.80 Å². The van der Waals surface area contributed by atoms with Crippen LogP contribution in [-0.2, 0) is 4.74 Å². The van der Waals surface area contributed by atoms with E-state index in [1.54, 1.807) is 0 Å². The molecular formula is C12H24N2O. The molecule has 15 heavy (non-hydrogen) atoms. The molecule has 0 amide bonds. The van der Waals surface area contributed by atoms with Gasteiger partial charge in [0.1, 0.15) is 0 Å². The van der Waals surface area contributed by atoms with Crippen LogP contribution >= 0.6 is 0 Å². The summed E-state index contributed by atoms with van der Waals surface area (Å²) in [5.74, 6) is 0. The number of morpholine rings is 1. The van der Waals surface area contributed by atoms with E-state index in [0.717, 1.165) is 38.4 Å². The van der Waals surface area contributed by atoms with Crippen LogP contribution in [0.5, 0.6) is 0 Å². The summed E-state index contributed by atoms with van der Waals surface area (Å²) >= 11 is 0. The normalized spacial score (nSPS) is 32.0. The first kappa shape index (κ1) is 11.4. The highest BCUT2D eigenvalue weighted by Crippen LogP contribution is 2.19. The van der Waals surface area contributed by atoms with E-state index in [1.165, 1.54) is 25.9 Å². The summed E-state index contributed by atoms with van der Waals surface area (Å²) < 4.78 is 5.40. The first-order chi connectivity index (χ1) is 7.31. The monoisotopic (exact) mass is 212 g/mol. The average molecular weight is 212 g/mol. The first-order valence-corrected chi connectivity index (χ1v) is 6.37. The van der Waals surface area contributed by atoms with Crippen molar-refractivity contribution in [3.05, 3.63) is 0 Å². The summed E-state index contributed by atoms with van der Waals surface area (Å²) in [6.07, 6.45) is 2.63. The second-order valence-electron chi connectivity index (χ2n) is 4.84. The maximum atomic E-state index is 5.40. The van der Waals surface area contributed by atoms with Gasteiger partial charge in [-0.15, -0.1) is 0 Å². The van der Waals surface area contributed by atoms with E-state index in [9.17, 15) is 0 Å². The highest BCUT2D eigenvalue weighted by molar-refractivity contribution is 4.86. The minimum atomic E-state index is 0.760. The maximum absolute atomic E-state index is 5.40. The standard InChI is InChI=1S/C12H24N2O/c1-3-11(2)14-5-4-12(10-14)13-6-8-15-9-7-13/h11-12H,3-10H2,1-2H3. The molecule has 0 N–H and O–H groups in total. The van der Waals surface area contributed by atoms with Gasteiger partial charge in [0.05, 0.1) is 13.2 Å². The minimum Gasteiger partial charge on any atom is -0.379 e. The van der Waals surface area contributed by atoms with Gasteiger partial charge in [0.15, 0.2) is 0 Å². The summed E-state index contributed by atoms with van der Waals surface area (Å²) in [5, 5.41) is 0. The summed E-state index contributed by atoms with van der Waals surface area (Å²) in [7, 11) is 0. The van der Waals surface area contributed by atoms with Gasteiger partial charge in [0.2, 0.25) is 0 Å². The Morgan fingerprint density at radius 1 is 1.27 bits per heavy atom. The number of nitrogens with zero attached hydrogens (tertiary/aromatic N) is 2. The van der Waals surface area contributed by atoms with Gasteiger partial charge < -0.3 is 4.74 Å². The Morgan fingerprint density at radius 3 is 2.67 bits per heavy atom. The van der Waals surface area contributed by atoms with Crippen LogP contribution in [0, 0.1) is 0 Å². The molecule has 2 saturated heterocycles. The van der Waals surface area contributed by atoms with Crippen molar-refractivity contribution in [1.82, 2.24) is 9.80 Å². The molecule has 0 aromatic heterocycles. The van der Waals surface area contributed by atoms with Crippen molar-refractivity contribution < 1.29 is 4.74 Å². The Labute approximate surface area is 93.4 Å². The number of hydrogen-bond acceptors (Lipinski definition) is 3. The van der Waals surface area contributed by atoms with Crippen LogP contribution in [0.15, 0.2) is 0 Å². The summed E-state index contributed by atoms with van der Waals surface area (Å²) in [6.45, 7) is 11.3. The van der Waals surface area contributed by atoms with Crippen molar-refractivity contribution in [2.75, 3.05) is 39.4 Å². The van der Waals surface area contributed by atoms with Crippen molar-refractivity contribution in [2.24, 2.45) is 0 Å². The van der Waals surface area contributed by atoms with E-state index in [0.29, 0.717) is 0 Å². The Morgan fingerprint density at radius 2 is 2.00 bits per heavy atom. The Hall–Kier alpha value is -0.120. The molecule has 0 spiro atoms. The highest BCUT2D eigenvalue weighted by atomic mass is 16.5. The molecule has 0 aromatic carbocycles. The molecule has 2 heterocycles. The molecule has 0 bridgehead atoms. The fourth-order valence-corrected chi connectivity index (χ4v) is 2.67. The topological polar surface area (TPSA) is 15.7 Å². The van der Waals surface area contributed by atoms with Crippen LogP contribution in [0.25, 0.3) is 0 Å². The van der Waals surface area contributed by atoms with Crippen molar-refractivity contribution in [3.63, 3.8) is 0 Å². The average Bonchev–Trinajstić information content (AvgIpc) is 2.78. The van der Waals surface area contributed by atoms with E-state index in [1.807, 2.05) is 0 Å². The quantitative estimate of drug-likeness (QED) is 0.699. The van der Waals surface area contributed by atoms with E-state index in [4.69, 9.17) is 4.74 Å². The predicted octanol–water partition coefficient (Wildman–Crippen LogP) is 1.19. The number of hydrogen-bond donors (Lipinski definition) is 0. The van der Waals surface area contributed by atoms with Gasteiger partial charge in [-0.2, -0.15) is 0 Å². The number of ether oxygens (including phenoxy) is 1. The second-order valence-corrected chi connectivity index (χ2v) is 4.84. The SMILES string of the molecule is CCC(C)N1CCC(N2CCOCC2)C1. The molecule has 3 nitrogen and oxygen atoms in total. The molecule has 2 aliphatic heterocycles. The third-order valence-corrected chi connectivity index (χ3v) is 3.97. The summed E-state index contributed by atoms with van der Waals surface area (Å²) in [6, 6.07) is 1.55. The van der Waals surface area contributed by atoms with Gasteiger partial charge in [0.25, 0.3) is 0 Å². The van der Waals surface area contributed by atoms with Gasteiger partial charge in [-0.1, -0.05) is 6.92 Å². The zero-order valence-corrected chi connectivity index (χ0v) is 10.1. The third kappa shape index (κ3) is 2.71. The van der Waals surface area contributed by atoms with Gasteiger partial charge in [0, 0.05) is 38.3 Å². The predicted molar refractivity (Wildman–Crippen MR) is 62.1 cm³/mol. The molecule has 2 rings (SSSR count). The third-order valence-electron chi connectivity index (χ3n) is 3.97. The fraction of sp³-hybridized carbons (Fsp3) is 1.00. The molecule has 2 atom stereocenters. The lowest BCUT2D eigenvalue weighted by molar-refractivity contribution is 0.0177. The minimum absolute atomic E-state index is 0.760. The lowest BCUT2D eigenvalue weighted by atomic mass is 10.2. The molecule has 2 aliphatic rings.